The first-order chi connectivity index (χ1) is 9.58. The number of benzene rings is 1. The van der Waals surface area contributed by atoms with Gasteiger partial charge in [0.25, 0.3) is 0 Å². The van der Waals surface area contributed by atoms with Gasteiger partial charge in [0.1, 0.15) is 17.4 Å². The summed E-state index contributed by atoms with van der Waals surface area (Å²) < 4.78 is 13.4. The van der Waals surface area contributed by atoms with Crippen molar-refractivity contribution in [2.45, 2.75) is 32.6 Å². The van der Waals surface area contributed by atoms with E-state index in [1.54, 1.807) is 12.1 Å². The van der Waals surface area contributed by atoms with Crippen LogP contribution >= 0.6 is 0 Å². The Morgan fingerprint density at radius 2 is 2.25 bits per heavy atom. The number of hydrogen-bond donors (Lipinski definition) is 2. The number of anilines is 1. The molecule has 1 atom stereocenters. The highest BCUT2D eigenvalue weighted by Crippen LogP contribution is 2.19. The molecule has 4 nitrogen and oxygen atoms in total. The summed E-state index contributed by atoms with van der Waals surface area (Å²) in [6.07, 6.45) is 2.51. The predicted octanol–water partition coefficient (Wildman–Crippen LogP) is 3.39. The maximum Gasteiger partial charge on any atom is 0.303 e. The minimum Gasteiger partial charge on any atom is -0.481 e. The Labute approximate surface area is 118 Å². The second-order valence-corrected chi connectivity index (χ2v) is 4.70. The normalized spacial score (nSPS) is 11.7. The number of carboxylic acid groups (broad SMARTS) is 1. The van der Waals surface area contributed by atoms with Gasteiger partial charge in [-0.3, -0.25) is 4.79 Å². The summed E-state index contributed by atoms with van der Waals surface area (Å²) in [6, 6.07) is 6.32. The predicted molar refractivity (Wildman–Crippen MR) is 74.9 cm³/mol. The van der Waals surface area contributed by atoms with Gasteiger partial charge < -0.3 is 10.4 Å². The maximum atomic E-state index is 13.4. The van der Waals surface area contributed by atoms with Crippen molar-refractivity contribution >= 4 is 11.7 Å². The zero-order valence-electron chi connectivity index (χ0n) is 11.5. The molecule has 0 aromatic heterocycles. The first kappa shape index (κ1) is 16.0. The van der Waals surface area contributed by atoms with Crippen LogP contribution in [0.4, 0.5) is 10.1 Å². The van der Waals surface area contributed by atoms with Crippen LogP contribution in [-0.2, 0) is 4.79 Å². The van der Waals surface area contributed by atoms with Gasteiger partial charge in [-0.2, -0.15) is 5.26 Å². The Morgan fingerprint density at radius 3 is 2.85 bits per heavy atom. The minimum absolute atomic E-state index is 0.0195. The first-order valence-electron chi connectivity index (χ1n) is 6.72. The Morgan fingerprint density at radius 1 is 1.50 bits per heavy atom. The SMILES string of the molecule is CCC(CCNc1cccc(F)c1C#N)CCC(=O)O. The lowest BCUT2D eigenvalue weighted by atomic mass is 9.96. The fourth-order valence-corrected chi connectivity index (χ4v) is 2.08. The van der Waals surface area contributed by atoms with Gasteiger partial charge in [0.2, 0.25) is 0 Å². The van der Waals surface area contributed by atoms with E-state index < -0.39 is 11.8 Å². The molecule has 0 aliphatic carbocycles. The quantitative estimate of drug-likeness (QED) is 0.764. The Balaban J connectivity index is 2.49. The van der Waals surface area contributed by atoms with Gasteiger partial charge in [-0.05, 0) is 30.9 Å². The molecule has 0 saturated carbocycles. The van der Waals surface area contributed by atoms with E-state index in [4.69, 9.17) is 10.4 Å². The zero-order valence-corrected chi connectivity index (χ0v) is 11.5. The molecule has 2 N–H and O–H groups in total. The van der Waals surface area contributed by atoms with E-state index in [-0.39, 0.29) is 12.0 Å². The van der Waals surface area contributed by atoms with Crippen molar-refractivity contribution in [3.05, 3.63) is 29.6 Å². The van der Waals surface area contributed by atoms with Gasteiger partial charge >= 0.3 is 5.97 Å². The molecule has 0 amide bonds. The van der Waals surface area contributed by atoms with Gasteiger partial charge in [-0.25, -0.2) is 4.39 Å². The molecule has 108 valence electrons. The van der Waals surface area contributed by atoms with E-state index in [2.05, 4.69) is 5.32 Å². The number of rotatable bonds is 8. The number of nitrogens with one attached hydrogen (secondary N) is 1. The monoisotopic (exact) mass is 278 g/mol. The molecule has 0 heterocycles. The molecule has 0 aliphatic heterocycles. The fourth-order valence-electron chi connectivity index (χ4n) is 2.08. The summed E-state index contributed by atoms with van der Waals surface area (Å²) in [5, 5.41) is 20.6. The standard InChI is InChI=1S/C15H19FN2O2/c1-2-11(6-7-15(19)20)8-9-18-14-5-3-4-13(16)12(14)10-17/h3-5,11,18H,2,6-9H2,1H3,(H,19,20). The van der Waals surface area contributed by atoms with Crippen molar-refractivity contribution in [1.29, 1.82) is 5.26 Å². The zero-order chi connectivity index (χ0) is 15.0. The highest BCUT2D eigenvalue weighted by molar-refractivity contribution is 5.66. The molecule has 1 unspecified atom stereocenters. The Hall–Kier alpha value is -2.09. The Bertz CT molecular complexity index is 497. The van der Waals surface area contributed by atoms with Crippen LogP contribution in [-0.4, -0.2) is 17.6 Å². The molecule has 1 rings (SSSR count). The van der Waals surface area contributed by atoms with Gasteiger partial charge in [0.05, 0.1) is 5.69 Å². The minimum atomic E-state index is -0.784. The molecule has 0 bridgehead atoms. The van der Waals surface area contributed by atoms with Crippen molar-refractivity contribution in [2.24, 2.45) is 5.92 Å². The number of nitrogens with zero attached hydrogens (tertiary/aromatic N) is 1. The number of hydrogen-bond acceptors (Lipinski definition) is 3. The molecular formula is C15H19FN2O2. The van der Waals surface area contributed by atoms with Crippen LogP contribution in [0.2, 0.25) is 0 Å². The second kappa shape index (κ2) is 8.16. The summed E-state index contributed by atoms with van der Waals surface area (Å²) >= 11 is 0. The van der Waals surface area contributed by atoms with E-state index in [0.29, 0.717) is 24.6 Å². The van der Waals surface area contributed by atoms with Crippen molar-refractivity contribution < 1.29 is 14.3 Å². The van der Waals surface area contributed by atoms with E-state index >= 15 is 0 Å². The molecule has 20 heavy (non-hydrogen) atoms. The molecular weight excluding hydrogens is 259 g/mol. The molecule has 0 saturated heterocycles. The van der Waals surface area contributed by atoms with E-state index in [0.717, 1.165) is 12.8 Å². The molecule has 5 heteroatoms. The molecule has 1 aromatic rings. The highest BCUT2D eigenvalue weighted by atomic mass is 19.1. The van der Waals surface area contributed by atoms with Crippen LogP contribution in [0.1, 0.15) is 38.2 Å². The smallest absolute Gasteiger partial charge is 0.303 e. The van der Waals surface area contributed by atoms with Crippen molar-refractivity contribution in [3.8, 4) is 6.07 Å². The summed E-state index contributed by atoms with van der Waals surface area (Å²) in [4.78, 5) is 10.5. The summed E-state index contributed by atoms with van der Waals surface area (Å²) in [5.74, 6) is -0.999. The van der Waals surface area contributed by atoms with Crippen LogP contribution in [0.5, 0.6) is 0 Å². The third kappa shape index (κ3) is 4.88. The number of carbonyl (C=O) groups is 1. The van der Waals surface area contributed by atoms with E-state index in [1.807, 2.05) is 13.0 Å². The lowest BCUT2D eigenvalue weighted by Gasteiger charge is -2.15. The highest BCUT2D eigenvalue weighted by Gasteiger charge is 2.10. The molecule has 1 aromatic carbocycles. The maximum absolute atomic E-state index is 13.4. The van der Waals surface area contributed by atoms with Crippen LogP contribution < -0.4 is 5.32 Å². The topological polar surface area (TPSA) is 73.1 Å². The fraction of sp³-hybridized carbons (Fsp3) is 0.467. The first-order valence-corrected chi connectivity index (χ1v) is 6.72. The van der Waals surface area contributed by atoms with E-state index in [1.165, 1.54) is 6.07 Å². The summed E-state index contributed by atoms with van der Waals surface area (Å²) in [6.45, 7) is 2.62. The number of aliphatic carboxylic acids is 1. The average molecular weight is 278 g/mol. The van der Waals surface area contributed by atoms with Gasteiger partial charge in [0, 0.05) is 13.0 Å². The summed E-state index contributed by atoms with van der Waals surface area (Å²) in [7, 11) is 0. The number of halogens is 1. The van der Waals surface area contributed by atoms with Crippen molar-refractivity contribution in [1.82, 2.24) is 0 Å². The van der Waals surface area contributed by atoms with Gasteiger partial charge in [-0.15, -0.1) is 0 Å². The number of carboxylic acids is 1. The largest absolute Gasteiger partial charge is 0.481 e. The Kier molecular flexibility index (Phi) is 6.51. The lowest BCUT2D eigenvalue weighted by Crippen LogP contribution is -2.11. The van der Waals surface area contributed by atoms with Gasteiger partial charge in [0.15, 0.2) is 0 Å². The van der Waals surface area contributed by atoms with Crippen LogP contribution in [0.25, 0.3) is 0 Å². The third-order valence-corrected chi connectivity index (χ3v) is 3.34. The third-order valence-electron chi connectivity index (χ3n) is 3.34. The average Bonchev–Trinajstić information content (AvgIpc) is 2.42. The lowest BCUT2D eigenvalue weighted by molar-refractivity contribution is -0.137. The van der Waals surface area contributed by atoms with Crippen LogP contribution in [0.15, 0.2) is 18.2 Å². The molecule has 0 aliphatic rings. The number of nitriles is 1. The second-order valence-electron chi connectivity index (χ2n) is 4.70. The molecule has 0 fully saturated rings. The molecule has 0 radical (unpaired) electrons. The van der Waals surface area contributed by atoms with Gasteiger partial charge in [-0.1, -0.05) is 19.4 Å². The summed E-state index contributed by atoms with van der Waals surface area (Å²) in [5.41, 5.74) is 0.506. The van der Waals surface area contributed by atoms with Crippen molar-refractivity contribution in [2.75, 3.05) is 11.9 Å². The van der Waals surface area contributed by atoms with E-state index in [9.17, 15) is 9.18 Å². The molecule has 0 spiro atoms. The van der Waals surface area contributed by atoms with Crippen molar-refractivity contribution in [3.63, 3.8) is 0 Å². The van der Waals surface area contributed by atoms with Crippen LogP contribution in [0.3, 0.4) is 0 Å². The van der Waals surface area contributed by atoms with Crippen LogP contribution in [0, 0.1) is 23.1 Å².